The van der Waals surface area contributed by atoms with Gasteiger partial charge in [-0.15, -0.1) is 0 Å². The normalized spacial score (nSPS) is 25.6. The minimum absolute atomic E-state index is 0.0218. The van der Waals surface area contributed by atoms with Crippen LogP contribution < -0.4 is 5.32 Å². The number of fused-ring (bicyclic) bond motifs is 1. The first-order chi connectivity index (χ1) is 13.5. The van der Waals surface area contributed by atoms with Crippen molar-refractivity contribution in [2.75, 3.05) is 0 Å². The summed E-state index contributed by atoms with van der Waals surface area (Å²) in [5.41, 5.74) is 3.18. The number of hydrogen-bond donors (Lipinski definition) is 1. The van der Waals surface area contributed by atoms with Crippen molar-refractivity contribution in [2.45, 2.75) is 63.9 Å². The first-order valence-electron chi connectivity index (χ1n) is 10.2. The number of esters is 1. The highest BCUT2D eigenvalue weighted by Gasteiger charge is 2.43. The summed E-state index contributed by atoms with van der Waals surface area (Å²) in [6.07, 6.45) is 8.55. The van der Waals surface area contributed by atoms with Gasteiger partial charge in [0.25, 0.3) is 0 Å². The predicted molar refractivity (Wildman–Crippen MR) is 109 cm³/mol. The summed E-state index contributed by atoms with van der Waals surface area (Å²) in [6, 6.07) is 7.46. The molecule has 2 aliphatic carbocycles. The van der Waals surface area contributed by atoms with Crippen LogP contribution in [0, 0.1) is 5.92 Å². The van der Waals surface area contributed by atoms with E-state index in [9.17, 15) is 9.59 Å². The molecular formula is C23H26ClNO3. The van der Waals surface area contributed by atoms with E-state index in [0.29, 0.717) is 17.0 Å². The van der Waals surface area contributed by atoms with Gasteiger partial charge in [-0.1, -0.05) is 36.2 Å². The smallest absolute Gasteiger partial charge is 0.336 e. The summed E-state index contributed by atoms with van der Waals surface area (Å²) >= 11 is 6.08. The largest absolute Gasteiger partial charge is 0.459 e. The van der Waals surface area contributed by atoms with Crippen molar-refractivity contribution in [3.05, 3.63) is 57.9 Å². The number of carbonyl (C=O) groups is 2. The van der Waals surface area contributed by atoms with E-state index in [0.717, 1.165) is 49.1 Å². The lowest BCUT2D eigenvalue weighted by Gasteiger charge is -2.38. The molecule has 0 radical (unpaired) electrons. The zero-order chi connectivity index (χ0) is 19.7. The topological polar surface area (TPSA) is 55.4 Å². The molecule has 1 aromatic carbocycles. The molecule has 1 fully saturated rings. The highest BCUT2D eigenvalue weighted by atomic mass is 35.5. The molecular weight excluding hydrogens is 374 g/mol. The number of Topliss-reactive ketones (excluding diaryl/α,β-unsaturated/α-hetero) is 1. The minimum atomic E-state index is -0.368. The molecule has 28 heavy (non-hydrogen) atoms. The van der Waals surface area contributed by atoms with Gasteiger partial charge in [0.2, 0.25) is 0 Å². The number of hydrogen-bond acceptors (Lipinski definition) is 4. The molecule has 1 saturated carbocycles. The summed E-state index contributed by atoms with van der Waals surface area (Å²) in [6.45, 7) is 1.90. The van der Waals surface area contributed by atoms with Crippen LogP contribution in [-0.4, -0.2) is 17.9 Å². The maximum absolute atomic E-state index is 13.2. The van der Waals surface area contributed by atoms with E-state index in [4.69, 9.17) is 16.3 Å². The average Bonchev–Trinajstić information content (AvgIpc) is 2.68. The maximum Gasteiger partial charge on any atom is 0.336 e. The predicted octanol–water partition coefficient (Wildman–Crippen LogP) is 5.04. The van der Waals surface area contributed by atoms with Crippen molar-refractivity contribution in [2.24, 2.45) is 5.92 Å². The van der Waals surface area contributed by atoms with Crippen molar-refractivity contribution in [3.8, 4) is 0 Å². The van der Waals surface area contributed by atoms with Crippen LogP contribution in [0.2, 0.25) is 5.02 Å². The molecule has 0 aromatic heterocycles. The molecule has 1 aromatic rings. The van der Waals surface area contributed by atoms with Gasteiger partial charge < -0.3 is 10.1 Å². The third-order valence-corrected chi connectivity index (χ3v) is 6.34. The highest BCUT2D eigenvalue weighted by Crippen LogP contribution is 2.44. The van der Waals surface area contributed by atoms with Gasteiger partial charge in [-0.3, -0.25) is 4.79 Å². The Hall–Kier alpha value is -2.07. The van der Waals surface area contributed by atoms with Gasteiger partial charge in [-0.2, -0.15) is 0 Å². The molecule has 4 rings (SSSR count). The average molecular weight is 400 g/mol. The summed E-state index contributed by atoms with van der Waals surface area (Å²) < 4.78 is 5.90. The van der Waals surface area contributed by atoms with Crippen LogP contribution in [0.1, 0.15) is 63.4 Å². The van der Waals surface area contributed by atoms with Crippen molar-refractivity contribution in [1.29, 1.82) is 0 Å². The van der Waals surface area contributed by atoms with E-state index in [-0.39, 0.29) is 29.7 Å². The Morgan fingerprint density at radius 1 is 1.11 bits per heavy atom. The minimum Gasteiger partial charge on any atom is -0.459 e. The van der Waals surface area contributed by atoms with E-state index >= 15 is 0 Å². The van der Waals surface area contributed by atoms with E-state index in [1.807, 2.05) is 31.2 Å². The third-order valence-electron chi connectivity index (χ3n) is 6.09. The van der Waals surface area contributed by atoms with Gasteiger partial charge in [0.1, 0.15) is 11.9 Å². The van der Waals surface area contributed by atoms with Gasteiger partial charge in [-0.05, 0) is 56.7 Å². The van der Waals surface area contributed by atoms with Crippen molar-refractivity contribution in [3.63, 3.8) is 0 Å². The number of halogens is 1. The van der Waals surface area contributed by atoms with E-state index in [1.54, 1.807) is 0 Å². The van der Waals surface area contributed by atoms with Crippen LogP contribution >= 0.6 is 11.6 Å². The molecule has 5 heteroatoms. The molecule has 0 saturated heterocycles. The van der Waals surface area contributed by atoms with Crippen molar-refractivity contribution < 1.29 is 14.3 Å². The summed E-state index contributed by atoms with van der Waals surface area (Å²) in [5, 5.41) is 3.96. The Morgan fingerprint density at radius 2 is 1.82 bits per heavy atom. The van der Waals surface area contributed by atoms with Crippen molar-refractivity contribution in [1.82, 2.24) is 5.32 Å². The lowest BCUT2D eigenvalue weighted by molar-refractivity contribution is -0.146. The molecule has 0 bridgehead atoms. The zero-order valence-electron chi connectivity index (χ0n) is 16.2. The standard InChI is InChI=1S/C23H26ClNO3/c1-14-20(23(27)28-17-6-3-2-4-7-17)21(15-10-12-16(24)13-11-15)22-18(25-14)8-5-9-19(22)26/h8,10-13,17,21-22,25H,2-7,9H2,1H3. The third kappa shape index (κ3) is 3.75. The fourth-order valence-electron chi connectivity index (χ4n) is 4.71. The SMILES string of the molecule is CC1=C(C(=O)OC2CCCCC2)C(c2ccc(Cl)cc2)C2C(=O)CCC=C2N1. The molecule has 3 aliphatic rings. The van der Waals surface area contributed by atoms with E-state index in [1.165, 1.54) is 6.42 Å². The van der Waals surface area contributed by atoms with Crippen LogP contribution in [0.4, 0.5) is 0 Å². The Kier molecular flexibility index (Phi) is 5.58. The van der Waals surface area contributed by atoms with E-state index in [2.05, 4.69) is 11.4 Å². The molecule has 0 amide bonds. The molecule has 4 nitrogen and oxygen atoms in total. The van der Waals surface area contributed by atoms with Gasteiger partial charge >= 0.3 is 5.97 Å². The highest BCUT2D eigenvalue weighted by molar-refractivity contribution is 6.30. The number of ether oxygens (including phenoxy) is 1. The van der Waals surface area contributed by atoms with Gasteiger partial charge in [0, 0.05) is 28.8 Å². The van der Waals surface area contributed by atoms with Gasteiger partial charge in [0.15, 0.2) is 0 Å². The maximum atomic E-state index is 13.2. The van der Waals surface area contributed by atoms with Gasteiger partial charge in [0.05, 0.1) is 11.5 Å². The summed E-state index contributed by atoms with van der Waals surface area (Å²) in [7, 11) is 0. The second-order valence-corrected chi connectivity index (χ2v) is 8.44. The Bertz CT molecular complexity index is 834. The Labute approximate surface area is 171 Å². The Balaban J connectivity index is 1.73. The lowest BCUT2D eigenvalue weighted by atomic mass is 9.71. The molecule has 2 atom stereocenters. The molecule has 1 heterocycles. The molecule has 148 valence electrons. The first kappa shape index (κ1) is 19.3. The monoisotopic (exact) mass is 399 g/mol. The molecule has 1 aliphatic heterocycles. The van der Waals surface area contributed by atoms with Gasteiger partial charge in [-0.25, -0.2) is 4.79 Å². The zero-order valence-corrected chi connectivity index (χ0v) is 16.9. The first-order valence-corrected chi connectivity index (χ1v) is 10.6. The summed E-state index contributed by atoms with van der Waals surface area (Å²) in [4.78, 5) is 26.1. The van der Waals surface area contributed by atoms with Crippen LogP contribution in [0.3, 0.4) is 0 Å². The number of allylic oxidation sites excluding steroid dienone is 3. The summed E-state index contributed by atoms with van der Waals surface area (Å²) in [5.74, 6) is -0.837. The van der Waals surface area contributed by atoms with Crippen LogP contribution in [0.15, 0.2) is 47.3 Å². The number of carbonyl (C=O) groups excluding carboxylic acids is 2. The number of benzene rings is 1. The number of nitrogens with one attached hydrogen (secondary N) is 1. The second-order valence-electron chi connectivity index (χ2n) is 8.00. The second kappa shape index (κ2) is 8.12. The van der Waals surface area contributed by atoms with E-state index < -0.39 is 0 Å². The lowest BCUT2D eigenvalue weighted by Crippen LogP contribution is -2.41. The van der Waals surface area contributed by atoms with Crippen LogP contribution in [-0.2, 0) is 14.3 Å². The molecule has 0 spiro atoms. The number of ketones is 1. The quantitative estimate of drug-likeness (QED) is 0.723. The fourth-order valence-corrected chi connectivity index (χ4v) is 4.84. The molecule has 1 N–H and O–H groups in total. The molecule has 2 unspecified atom stereocenters. The van der Waals surface area contributed by atoms with Crippen LogP contribution in [0.5, 0.6) is 0 Å². The Morgan fingerprint density at radius 3 is 2.54 bits per heavy atom. The van der Waals surface area contributed by atoms with Crippen molar-refractivity contribution >= 4 is 23.4 Å². The van der Waals surface area contributed by atoms with Crippen LogP contribution in [0.25, 0.3) is 0 Å². The fraction of sp³-hybridized carbons (Fsp3) is 0.478. The number of rotatable bonds is 3.